The number of carboxylic acid groups (broad SMARTS) is 1. The lowest BCUT2D eigenvalue weighted by molar-refractivity contribution is -0.139. The molecule has 4 aromatic rings. The van der Waals surface area contributed by atoms with E-state index < -0.39 is 5.97 Å². The Bertz CT molecular complexity index is 1400. The summed E-state index contributed by atoms with van der Waals surface area (Å²) in [6.07, 6.45) is 2.14. The van der Waals surface area contributed by atoms with Gasteiger partial charge in [0.15, 0.2) is 6.61 Å². The predicted molar refractivity (Wildman–Crippen MR) is 147 cm³/mol. The van der Waals surface area contributed by atoms with Gasteiger partial charge in [-0.2, -0.15) is 0 Å². The molecule has 0 amide bonds. The molecule has 0 aromatic heterocycles. The Balaban J connectivity index is 1.55. The number of aliphatic carboxylic acids is 1. The number of halogens is 1. The van der Waals surface area contributed by atoms with E-state index in [-0.39, 0.29) is 12.4 Å². The van der Waals surface area contributed by atoms with Crippen LogP contribution in [0.25, 0.3) is 16.7 Å². The highest BCUT2D eigenvalue weighted by Crippen LogP contribution is 2.31. The van der Waals surface area contributed by atoms with Crippen molar-refractivity contribution in [2.24, 2.45) is 0 Å². The Labute approximate surface area is 220 Å². The lowest BCUT2D eigenvalue weighted by atomic mass is 9.95. The van der Waals surface area contributed by atoms with Crippen LogP contribution in [0.1, 0.15) is 16.7 Å². The predicted octanol–water partition coefficient (Wildman–Crippen LogP) is 7.50. The fraction of sp³-hybridized carbons (Fsp3) is 0.129. The molecule has 0 unspecified atom stereocenters. The fourth-order valence-corrected chi connectivity index (χ4v) is 4.78. The van der Waals surface area contributed by atoms with Crippen LogP contribution in [-0.2, 0) is 4.79 Å². The number of methoxy groups -OCH3 is 1. The Hall–Kier alpha value is -4.03. The third-order valence-electron chi connectivity index (χ3n) is 5.79. The maximum absolute atomic E-state index is 13.6. The Morgan fingerprint density at radius 3 is 2.27 bits per heavy atom. The van der Waals surface area contributed by atoms with Crippen LogP contribution >= 0.6 is 11.8 Å². The van der Waals surface area contributed by atoms with E-state index in [2.05, 4.69) is 30.3 Å². The Morgan fingerprint density at radius 1 is 0.919 bits per heavy atom. The standard InChI is InChI=1S/C31H27FO4S/c1-21-18-28(14-15-30(21)36-20-31(33)34)37-17-16-29(24-10-12-26(32)13-11-24)23-8-6-22(7-9-23)25-4-3-5-27(19-25)35-2/h3-16,18-19H,17,20H2,1-2H3,(H,33,34)/b29-16-. The van der Waals surface area contributed by atoms with Crippen LogP contribution in [-0.4, -0.2) is 30.5 Å². The molecule has 0 aliphatic carbocycles. The van der Waals surface area contributed by atoms with E-state index in [1.165, 1.54) is 12.1 Å². The van der Waals surface area contributed by atoms with Gasteiger partial charge in [0.2, 0.25) is 0 Å². The number of aryl methyl sites for hydroxylation is 1. The molecule has 37 heavy (non-hydrogen) atoms. The van der Waals surface area contributed by atoms with Crippen LogP contribution in [0.15, 0.2) is 102 Å². The summed E-state index contributed by atoms with van der Waals surface area (Å²) in [5.74, 6) is 0.783. The van der Waals surface area contributed by atoms with Crippen molar-refractivity contribution in [3.63, 3.8) is 0 Å². The van der Waals surface area contributed by atoms with Crippen LogP contribution < -0.4 is 9.47 Å². The van der Waals surface area contributed by atoms with Gasteiger partial charge in [0, 0.05) is 10.6 Å². The van der Waals surface area contributed by atoms with E-state index >= 15 is 0 Å². The van der Waals surface area contributed by atoms with Crippen molar-refractivity contribution in [1.82, 2.24) is 0 Å². The molecule has 0 fully saturated rings. The van der Waals surface area contributed by atoms with Gasteiger partial charge in [-0.3, -0.25) is 0 Å². The molecule has 188 valence electrons. The third-order valence-corrected chi connectivity index (χ3v) is 6.71. The minimum atomic E-state index is -1.01. The molecule has 4 aromatic carbocycles. The number of hydrogen-bond donors (Lipinski definition) is 1. The first kappa shape index (κ1) is 26.0. The zero-order chi connectivity index (χ0) is 26.2. The molecular weight excluding hydrogens is 487 g/mol. The van der Waals surface area contributed by atoms with E-state index in [1.807, 2.05) is 43.3 Å². The molecule has 0 atom stereocenters. The highest BCUT2D eigenvalue weighted by atomic mass is 32.2. The van der Waals surface area contributed by atoms with Gasteiger partial charge in [0.1, 0.15) is 17.3 Å². The fourth-order valence-electron chi connectivity index (χ4n) is 3.91. The van der Waals surface area contributed by atoms with E-state index in [1.54, 1.807) is 37.1 Å². The third kappa shape index (κ3) is 7.02. The molecule has 4 nitrogen and oxygen atoms in total. The molecule has 4 rings (SSSR count). The second-order valence-corrected chi connectivity index (χ2v) is 9.45. The normalized spacial score (nSPS) is 11.3. The van der Waals surface area contributed by atoms with Crippen molar-refractivity contribution in [1.29, 1.82) is 0 Å². The van der Waals surface area contributed by atoms with Crippen LogP contribution in [0.2, 0.25) is 0 Å². The molecule has 6 heteroatoms. The largest absolute Gasteiger partial charge is 0.497 e. The number of thioether (sulfide) groups is 1. The van der Waals surface area contributed by atoms with E-state index in [0.29, 0.717) is 11.5 Å². The maximum Gasteiger partial charge on any atom is 0.341 e. The van der Waals surface area contributed by atoms with Gasteiger partial charge >= 0.3 is 5.97 Å². The Morgan fingerprint density at radius 2 is 1.62 bits per heavy atom. The topological polar surface area (TPSA) is 55.8 Å². The number of benzene rings is 4. The lowest BCUT2D eigenvalue weighted by Crippen LogP contribution is -2.09. The van der Waals surface area contributed by atoms with Gasteiger partial charge in [-0.15, -0.1) is 11.8 Å². The molecule has 0 aliphatic rings. The van der Waals surface area contributed by atoms with Crippen LogP contribution in [0.4, 0.5) is 4.39 Å². The number of hydrogen-bond acceptors (Lipinski definition) is 4. The van der Waals surface area contributed by atoms with E-state index in [4.69, 9.17) is 14.6 Å². The molecule has 0 heterocycles. The van der Waals surface area contributed by atoms with E-state index in [0.717, 1.165) is 44.0 Å². The molecule has 0 aliphatic heterocycles. The monoisotopic (exact) mass is 514 g/mol. The second kappa shape index (κ2) is 12.3. The van der Waals surface area contributed by atoms with Gasteiger partial charge in [-0.05, 0) is 82.8 Å². The molecule has 1 N–H and O–H groups in total. The van der Waals surface area contributed by atoms with Crippen LogP contribution in [0, 0.1) is 12.7 Å². The van der Waals surface area contributed by atoms with Crippen molar-refractivity contribution in [2.45, 2.75) is 11.8 Å². The van der Waals surface area contributed by atoms with Gasteiger partial charge in [-0.25, -0.2) is 9.18 Å². The highest BCUT2D eigenvalue weighted by Gasteiger charge is 2.09. The van der Waals surface area contributed by atoms with Crippen molar-refractivity contribution >= 4 is 23.3 Å². The summed E-state index contributed by atoms with van der Waals surface area (Å²) < 4.78 is 24.3. The first-order valence-corrected chi connectivity index (χ1v) is 12.7. The number of rotatable bonds is 10. The average molecular weight is 515 g/mol. The zero-order valence-corrected chi connectivity index (χ0v) is 21.4. The SMILES string of the molecule is COc1cccc(-c2ccc(/C(=C/CSc3ccc(OCC(=O)O)c(C)c3)c3ccc(F)cc3)cc2)c1. The summed E-state index contributed by atoms with van der Waals surface area (Å²) in [6.45, 7) is 1.53. The number of carbonyl (C=O) groups is 1. The first-order valence-electron chi connectivity index (χ1n) is 11.7. The van der Waals surface area contributed by atoms with Crippen molar-refractivity contribution in [3.05, 3.63) is 120 Å². The summed E-state index contributed by atoms with van der Waals surface area (Å²) in [5, 5.41) is 8.82. The summed E-state index contributed by atoms with van der Waals surface area (Å²) in [4.78, 5) is 11.8. The molecule has 0 saturated heterocycles. The van der Waals surface area contributed by atoms with Crippen molar-refractivity contribution < 1.29 is 23.8 Å². The van der Waals surface area contributed by atoms with Gasteiger partial charge in [0.05, 0.1) is 7.11 Å². The molecule has 0 radical (unpaired) electrons. The molecule has 0 saturated carbocycles. The Kier molecular flexibility index (Phi) is 8.64. The summed E-state index contributed by atoms with van der Waals surface area (Å²) in [7, 11) is 1.66. The number of ether oxygens (including phenoxy) is 2. The van der Waals surface area contributed by atoms with Gasteiger partial charge in [0.25, 0.3) is 0 Å². The van der Waals surface area contributed by atoms with E-state index in [9.17, 15) is 9.18 Å². The summed E-state index contributed by atoms with van der Waals surface area (Å²) >= 11 is 1.66. The van der Waals surface area contributed by atoms with Crippen LogP contribution in [0.3, 0.4) is 0 Å². The second-order valence-electron chi connectivity index (χ2n) is 8.35. The molecular formula is C31H27FO4S. The highest BCUT2D eigenvalue weighted by molar-refractivity contribution is 7.99. The van der Waals surface area contributed by atoms with Crippen molar-refractivity contribution in [2.75, 3.05) is 19.5 Å². The summed E-state index contributed by atoms with van der Waals surface area (Å²) in [5.41, 5.74) is 6.01. The van der Waals surface area contributed by atoms with Gasteiger partial charge in [-0.1, -0.05) is 54.6 Å². The smallest absolute Gasteiger partial charge is 0.341 e. The average Bonchev–Trinajstić information content (AvgIpc) is 2.91. The van der Waals surface area contributed by atoms with Crippen molar-refractivity contribution in [3.8, 4) is 22.6 Å². The quantitative estimate of drug-likeness (QED) is 0.222. The minimum Gasteiger partial charge on any atom is -0.497 e. The van der Waals surface area contributed by atoms with Gasteiger partial charge < -0.3 is 14.6 Å². The number of carboxylic acids is 1. The van der Waals surface area contributed by atoms with Crippen LogP contribution in [0.5, 0.6) is 11.5 Å². The molecule has 0 spiro atoms. The minimum absolute atomic E-state index is 0.272. The summed E-state index contributed by atoms with van der Waals surface area (Å²) in [6, 6.07) is 28.5. The first-order chi connectivity index (χ1) is 17.9. The maximum atomic E-state index is 13.6. The zero-order valence-electron chi connectivity index (χ0n) is 20.6. The lowest BCUT2D eigenvalue weighted by Gasteiger charge is -2.12. The molecule has 0 bridgehead atoms.